The first kappa shape index (κ1) is 22.9. The Balaban J connectivity index is 2.05. The number of halogens is 3. The summed E-state index contributed by atoms with van der Waals surface area (Å²) >= 11 is 1.48. The monoisotopic (exact) mass is 433 g/mol. The van der Waals surface area contributed by atoms with Crippen molar-refractivity contribution in [3.8, 4) is 0 Å². The third-order valence-electron chi connectivity index (χ3n) is 4.10. The summed E-state index contributed by atoms with van der Waals surface area (Å²) in [7, 11) is 5.19. The number of aryl methyl sites for hydroxylation is 1. The van der Waals surface area contributed by atoms with Crippen molar-refractivity contribution in [1.82, 2.24) is 25.2 Å². The quantitative estimate of drug-likeness (QED) is 0.435. The molecule has 1 atom stereocenters. The Kier molecular flexibility index (Phi) is 7.47. The largest absolute Gasteiger partial charge is 0.424 e. The molecule has 29 heavy (non-hydrogen) atoms. The second-order valence-corrected chi connectivity index (χ2v) is 7.44. The molecule has 3 N–H and O–H groups in total. The van der Waals surface area contributed by atoms with E-state index in [1.165, 1.54) is 30.8 Å². The van der Waals surface area contributed by atoms with Crippen LogP contribution in [0.4, 0.5) is 18.3 Å². The predicted molar refractivity (Wildman–Crippen MR) is 107 cm³/mol. The van der Waals surface area contributed by atoms with E-state index in [9.17, 15) is 18.3 Å². The number of aliphatic imine (C=N–C) groups is 1. The third kappa shape index (κ3) is 5.60. The van der Waals surface area contributed by atoms with Crippen LogP contribution >= 0.6 is 11.3 Å². The Labute approximate surface area is 171 Å². The Hall–Kier alpha value is -2.34. The standard InChI is InChI=1S/C17H26F3N7OS/c1-5-21-14(24-10-12-11-29-15(25-12)26(2)3)23-7-6-16(28,17(18,19)20)13-22-8-9-27(13)4/h8-9,11,28H,5-7,10H2,1-4H3,(H2,21,23,24). The fraction of sp³-hybridized carbons (Fsp3) is 0.588. The lowest BCUT2D eigenvalue weighted by Gasteiger charge is -2.30. The van der Waals surface area contributed by atoms with Crippen molar-refractivity contribution in [2.75, 3.05) is 32.1 Å². The molecule has 2 aromatic heterocycles. The molecule has 0 aliphatic carbocycles. The molecule has 0 bridgehead atoms. The molecule has 0 aliphatic rings. The van der Waals surface area contributed by atoms with Crippen molar-refractivity contribution in [3.63, 3.8) is 0 Å². The first-order chi connectivity index (χ1) is 13.6. The van der Waals surface area contributed by atoms with Gasteiger partial charge in [-0.05, 0) is 6.92 Å². The number of anilines is 1. The van der Waals surface area contributed by atoms with E-state index in [4.69, 9.17) is 0 Å². The molecule has 0 amide bonds. The molecular formula is C17H26F3N7OS. The van der Waals surface area contributed by atoms with Crippen LogP contribution < -0.4 is 15.5 Å². The van der Waals surface area contributed by atoms with Gasteiger partial charge in [-0.25, -0.2) is 15.0 Å². The maximum absolute atomic E-state index is 13.6. The van der Waals surface area contributed by atoms with Crippen molar-refractivity contribution in [3.05, 3.63) is 29.3 Å². The van der Waals surface area contributed by atoms with E-state index in [-0.39, 0.29) is 13.1 Å². The molecular weight excluding hydrogens is 407 g/mol. The molecule has 2 rings (SSSR count). The number of guanidine groups is 1. The molecule has 162 valence electrons. The summed E-state index contributed by atoms with van der Waals surface area (Å²) in [5.41, 5.74) is -2.30. The van der Waals surface area contributed by atoms with E-state index in [1.54, 1.807) is 0 Å². The van der Waals surface area contributed by atoms with Crippen molar-refractivity contribution in [2.24, 2.45) is 12.0 Å². The average Bonchev–Trinajstić information content (AvgIpc) is 3.27. The van der Waals surface area contributed by atoms with Gasteiger partial charge in [0.25, 0.3) is 0 Å². The van der Waals surface area contributed by atoms with Crippen molar-refractivity contribution in [1.29, 1.82) is 0 Å². The highest BCUT2D eigenvalue weighted by Crippen LogP contribution is 2.40. The van der Waals surface area contributed by atoms with E-state index in [0.717, 1.165) is 15.4 Å². The van der Waals surface area contributed by atoms with Gasteiger partial charge in [0, 0.05) is 58.4 Å². The van der Waals surface area contributed by atoms with Crippen LogP contribution in [0.25, 0.3) is 0 Å². The van der Waals surface area contributed by atoms with Gasteiger partial charge in [-0.3, -0.25) is 0 Å². The zero-order valence-electron chi connectivity index (χ0n) is 16.8. The Morgan fingerprint density at radius 2 is 2.07 bits per heavy atom. The number of imidazole rings is 1. The van der Waals surface area contributed by atoms with Crippen molar-refractivity contribution >= 4 is 22.4 Å². The number of alkyl halides is 3. The van der Waals surface area contributed by atoms with Crippen LogP contribution in [0.15, 0.2) is 22.8 Å². The fourth-order valence-corrected chi connectivity index (χ4v) is 3.33. The maximum Gasteiger partial charge on any atom is 0.424 e. The molecule has 0 aliphatic heterocycles. The number of thiazole rings is 1. The van der Waals surface area contributed by atoms with Gasteiger partial charge in [0.15, 0.2) is 11.1 Å². The predicted octanol–water partition coefficient (Wildman–Crippen LogP) is 1.84. The SMILES string of the molecule is CCNC(=NCc1csc(N(C)C)n1)NCCC(O)(c1nccn1C)C(F)(F)F. The molecule has 0 radical (unpaired) electrons. The van der Waals surface area contributed by atoms with Gasteiger partial charge in [0.05, 0.1) is 12.2 Å². The number of hydrogen-bond acceptors (Lipinski definition) is 6. The number of hydrogen-bond donors (Lipinski definition) is 3. The van der Waals surface area contributed by atoms with Crippen molar-refractivity contribution in [2.45, 2.75) is 31.7 Å². The molecule has 2 heterocycles. The van der Waals surface area contributed by atoms with Gasteiger partial charge in [0.2, 0.25) is 5.60 Å². The minimum absolute atomic E-state index is 0.158. The number of nitrogens with zero attached hydrogens (tertiary/aromatic N) is 5. The summed E-state index contributed by atoms with van der Waals surface area (Å²) < 4.78 is 41.9. The van der Waals surface area contributed by atoms with Gasteiger partial charge in [-0.1, -0.05) is 0 Å². The first-order valence-electron chi connectivity index (χ1n) is 8.99. The lowest BCUT2D eigenvalue weighted by atomic mass is 9.97. The topological polar surface area (TPSA) is 90.6 Å². The molecule has 8 nitrogen and oxygen atoms in total. The second-order valence-electron chi connectivity index (χ2n) is 6.61. The first-order valence-corrected chi connectivity index (χ1v) is 9.87. The smallest absolute Gasteiger partial charge is 0.374 e. The van der Waals surface area contributed by atoms with Gasteiger partial charge >= 0.3 is 6.18 Å². The molecule has 1 unspecified atom stereocenters. The molecule has 2 aromatic rings. The number of rotatable bonds is 8. The Morgan fingerprint density at radius 3 is 2.59 bits per heavy atom. The zero-order chi connectivity index (χ0) is 21.7. The minimum Gasteiger partial charge on any atom is -0.374 e. The summed E-state index contributed by atoms with van der Waals surface area (Å²) in [5, 5.41) is 18.9. The zero-order valence-corrected chi connectivity index (χ0v) is 17.6. The van der Waals surface area contributed by atoms with Gasteiger partial charge in [-0.15, -0.1) is 11.3 Å². The van der Waals surface area contributed by atoms with Gasteiger partial charge < -0.3 is 25.2 Å². The highest BCUT2D eigenvalue weighted by molar-refractivity contribution is 7.13. The molecule has 0 aromatic carbocycles. The Bertz CT molecular complexity index is 818. The second kappa shape index (κ2) is 9.44. The average molecular weight is 434 g/mol. The lowest BCUT2D eigenvalue weighted by Crippen LogP contribution is -2.47. The van der Waals surface area contributed by atoms with E-state index >= 15 is 0 Å². The van der Waals surface area contributed by atoms with Gasteiger partial charge in [0.1, 0.15) is 5.82 Å². The summed E-state index contributed by atoms with van der Waals surface area (Å²) in [6, 6.07) is 0. The molecule has 0 fully saturated rings. The van der Waals surface area contributed by atoms with E-state index in [2.05, 4.69) is 25.6 Å². The lowest BCUT2D eigenvalue weighted by molar-refractivity contribution is -0.272. The number of nitrogens with one attached hydrogen (secondary N) is 2. The number of aromatic nitrogens is 3. The highest BCUT2D eigenvalue weighted by atomic mass is 32.1. The van der Waals surface area contributed by atoms with Crippen LogP contribution in [-0.2, 0) is 19.2 Å². The summed E-state index contributed by atoms with van der Waals surface area (Å²) in [5.74, 6) is -0.108. The van der Waals surface area contributed by atoms with Crippen LogP contribution in [0, 0.1) is 0 Å². The maximum atomic E-state index is 13.6. The Morgan fingerprint density at radius 1 is 1.34 bits per heavy atom. The third-order valence-corrected chi connectivity index (χ3v) is 5.16. The fourth-order valence-electron chi connectivity index (χ4n) is 2.58. The van der Waals surface area contributed by atoms with Crippen LogP contribution in [0.2, 0.25) is 0 Å². The molecule has 0 saturated carbocycles. The molecule has 0 spiro atoms. The normalized spacial score (nSPS) is 14.6. The molecule has 0 saturated heterocycles. The van der Waals surface area contributed by atoms with Gasteiger partial charge in [-0.2, -0.15) is 13.2 Å². The van der Waals surface area contributed by atoms with Crippen LogP contribution in [0.1, 0.15) is 24.9 Å². The molecule has 12 heteroatoms. The summed E-state index contributed by atoms with van der Waals surface area (Å²) in [6.07, 6.45) is -2.90. The van der Waals surface area contributed by atoms with Crippen LogP contribution in [0.5, 0.6) is 0 Å². The van der Waals surface area contributed by atoms with E-state index in [0.29, 0.717) is 12.5 Å². The highest BCUT2D eigenvalue weighted by Gasteiger charge is 2.57. The summed E-state index contributed by atoms with van der Waals surface area (Å²) in [4.78, 5) is 14.3. The van der Waals surface area contributed by atoms with E-state index in [1.807, 2.05) is 31.3 Å². The van der Waals surface area contributed by atoms with E-state index < -0.39 is 24.0 Å². The van der Waals surface area contributed by atoms with Crippen LogP contribution in [0.3, 0.4) is 0 Å². The van der Waals surface area contributed by atoms with Crippen molar-refractivity contribution < 1.29 is 18.3 Å². The summed E-state index contributed by atoms with van der Waals surface area (Å²) in [6.45, 7) is 2.51. The minimum atomic E-state index is -4.87. The van der Waals surface area contributed by atoms with Crippen LogP contribution in [-0.4, -0.2) is 59.0 Å². The number of aliphatic hydroxyl groups is 1.